The van der Waals surface area contributed by atoms with Crippen LogP contribution in [0, 0.1) is 13.8 Å². The second-order valence-electron chi connectivity index (χ2n) is 8.90. The molecule has 0 radical (unpaired) electrons. The van der Waals surface area contributed by atoms with Crippen molar-refractivity contribution in [3.8, 4) is 0 Å². The molecule has 29 heavy (non-hydrogen) atoms. The van der Waals surface area contributed by atoms with Gasteiger partial charge in [-0.15, -0.1) is 0 Å². The number of hydrogen-bond acceptors (Lipinski definition) is 5. The number of benzene rings is 1. The molecule has 1 unspecified atom stereocenters. The highest BCUT2D eigenvalue weighted by Gasteiger charge is 2.40. The maximum atomic E-state index is 12.8. The minimum absolute atomic E-state index is 0.308. The van der Waals surface area contributed by atoms with Crippen LogP contribution in [-0.4, -0.2) is 57.9 Å². The van der Waals surface area contributed by atoms with E-state index in [1.807, 2.05) is 51.1 Å². The fourth-order valence-corrected chi connectivity index (χ4v) is 5.20. The Morgan fingerprint density at radius 1 is 1.14 bits per heavy atom. The molecular weight excluding hydrogens is 390 g/mol. The normalized spacial score (nSPS) is 20.7. The first kappa shape index (κ1) is 22.4. The smallest absolute Gasteiger partial charge is 0.338 e. The fraction of sp³-hybridized carbons (Fsp3) is 0.682. The number of hydrogen-bond donors (Lipinski definition) is 0. The second-order valence-corrected chi connectivity index (χ2v) is 10.5. The van der Waals surface area contributed by atoms with E-state index in [2.05, 4.69) is 0 Å². The molecule has 0 saturated carbocycles. The first-order chi connectivity index (χ1) is 13.6. The van der Waals surface area contributed by atoms with Crippen LogP contribution in [0.1, 0.15) is 60.7 Å². The third-order valence-electron chi connectivity index (χ3n) is 5.44. The summed E-state index contributed by atoms with van der Waals surface area (Å²) in [6.07, 6.45) is 2.25. The van der Waals surface area contributed by atoms with Crippen LogP contribution in [0.2, 0.25) is 0 Å². The van der Waals surface area contributed by atoms with Crippen LogP contribution in [0.15, 0.2) is 12.1 Å². The van der Waals surface area contributed by atoms with Crippen LogP contribution in [0.25, 0.3) is 0 Å². The molecule has 162 valence electrons. The summed E-state index contributed by atoms with van der Waals surface area (Å²) in [7, 11) is -1.04. The van der Waals surface area contributed by atoms with Crippen LogP contribution in [0.5, 0.6) is 0 Å². The number of aryl methyl sites for hydroxylation is 2. The Morgan fingerprint density at radius 2 is 1.69 bits per heavy atom. The van der Waals surface area contributed by atoms with Gasteiger partial charge in [-0.25, -0.2) is 13.3 Å². The molecule has 2 fully saturated rings. The molecule has 0 aromatic heterocycles. The summed E-state index contributed by atoms with van der Waals surface area (Å²) in [4.78, 5) is 12.4. The van der Waals surface area contributed by atoms with E-state index in [-0.39, 0.29) is 5.97 Å². The highest BCUT2D eigenvalue weighted by atomic mass is 32.2. The van der Waals surface area contributed by atoms with Crippen LogP contribution >= 0.6 is 0 Å². The minimum atomic E-state index is -1.04. The average Bonchev–Trinajstić information content (AvgIpc) is 3.08. The zero-order valence-electron chi connectivity index (χ0n) is 18.2. The number of esters is 1. The Labute approximate surface area is 176 Å². The molecule has 2 heterocycles. The van der Waals surface area contributed by atoms with Crippen LogP contribution in [-0.2, 0) is 31.6 Å². The molecule has 1 atom stereocenters. The zero-order chi connectivity index (χ0) is 21.2. The molecule has 3 rings (SSSR count). The summed E-state index contributed by atoms with van der Waals surface area (Å²) < 4.78 is 31.8. The lowest BCUT2D eigenvalue weighted by atomic mass is 9.97. The van der Waals surface area contributed by atoms with Gasteiger partial charge in [0.25, 0.3) is 0 Å². The molecule has 2 aliphatic rings. The summed E-state index contributed by atoms with van der Waals surface area (Å²) in [5, 5.41) is 0. The third kappa shape index (κ3) is 5.66. The van der Waals surface area contributed by atoms with Gasteiger partial charge in [0.1, 0.15) is 5.60 Å². The zero-order valence-corrected chi connectivity index (χ0v) is 19.0. The predicted molar refractivity (Wildman–Crippen MR) is 113 cm³/mol. The molecule has 0 N–H and O–H groups in total. The molecule has 2 aliphatic heterocycles. The van der Waals surface area contributed by atoms with Gasteiger partial charge in [-0.05, 0) is 69.9 Å². The van der Waals surface area contributed by atoms with E-state index in [0.29, 0.717) is 31.0 Å². The molecule has 7 heteroatoms. The topological polar surface area (TPSA) is 65.1 Å². The van der Waals surface area contributed by atoms with Crippen LogP contribution in [0.4, 0.5) is 0 Å². The molecule has 1 spiro atoms. The van der Waals surface area contributed by atoms with Crippen molar-refractivity contribution in [2.24, 2.45) is 0 Å². The highest BCUT2D eigenvalue weighted by molar-refractivity contribution is 7.82. The fourth-order valence-electron chi connectivity index (χ4n) is 3.98. The maximum absolute atomic E-state index is 12.8. The summed E-state index contributed by atoms with van der Waals surface area (Å²) in [5.74, 6) is -0.175. The van der Waals surface area contributed by atoms with Crippen molar-refractivity contribution in [2.45, 2.75) is 65.3 Å². The van der Waals surface area contributed by atoms with Gasteiger partial charge < -0.3 is 14.2 Å². The van der Waals surface area contributed by atoms with Crippen LogP contribution < -0.4 is 0 Å². The Balaban J connectivity index is 1.57. The molecule has 0 aliphatic carbocycles. The van der Waals surface area contributed by atoms with E-state index >= 15 is 0 Å². The predicted octanol–water partition coefficient (Wildman–Crippen LogP) is 3.30. The molecular formula is C22H33NO5S. The van der Waals surface area contributed by atoms with Crippen LogP contribution in [0.3, 0.4) is 0 Å². The van der Waals surface area contributed by atoms with E-state index in [1.165, 1.54) is 0 Å². The minimum Gasteiger partial charge on any atom is -0.456 e. The van der Waals surface area contributed by atoms with Gasteiger partial charge in [0.2, 0.25) is 0 Å². The Morgan fingerprint density at radius 3 is 2.21 bits per heavy atom. The van der Waals surface area contributed by atoms with E-state index in [1.54, 1.807) is 0 Å². The summed E-state index contributed by atoms with van der Waals surface area (Å²) >= 11 is 0. The van der Waals surface area contributed by atoms with Crippen molar-refractivity contribution in [3.63, 3.8) is 0 Å². The molecule has 2 saturated heterocycles. The lowest BCUT2D eigenvalue weighted by molar-refractivity contribution is -0.179. The SMILES string of the molecule is Cc1cc(C(=O)OC(C)(C)C)cc(C)c1CCS(=O)N1CCC2(CC1)OCCO2. The number of piperidine rings is 1. The van der Waals surface area contributed by atoms with Gasteiger partial charge in [0, 0.05) is 31.7 Å². The highest BCUT2D eigenvalue weighted by Crippen LogP contribution is 2.32. The standard InChI is InChI=1S/C22H33NO5S/c1-16-14-18(20(24)28-21(3,4)5)15-17(2)19(16)6-13-29(25)23-9-7-22(8-10-23)26-11-12-27-22/h14-15H,6-13H2,1-5H3. The molecule has 1 aromatic carbocycles. The number of nitrogens with zero attached hydrogens (tertiary/aromatic N) is 1. The number of carbonyl (C=O) groups is 1. The van der Waals surface area contributed by atoms with E-state index in [4.69, 9.17) is 14.2 Å². The van der Waals surface area contributed by atoms with Crippen molar-refractivity contribution in [2.75, 3.05) is 32.1 Å². The van der Waals surface area contributed by atoms with Gasteiger partial charge in [-0.2, -0.15) is 0 Å². The number of carbonyl (C=O) groups excluding carboxylic acids is 1. The van der Waals surface area contributed by atoms with Gasteiger partial charge in [-0.3, -0.25) is 0 Å². The summed E-state index contributed by atoms with van der Waals surface area (Å²) in [6.45, 7) is 12.3. The first-order valence-electron chi connectivity index (χ1n) is 10.3. The lowest BCUT2D eigenvalue weighted by Gasteiger charge is -2.36. The van der Waals surface area contributed by atoms with E-state index < -0.39 is 22.4 Å². The van der Waals surface area contributed by atoms with Gasteiger partial charge in [0.15, 0.2) is 5.79 Å². The average molecular weight is 424 g/mol. The quantitative estimate of drug-likeness (QED) is 0.680. The van der Waals surface area contributed by atoms with Crippen molar-refractivity contribution < 1.29 is 23.2 Å². The Bertz CT molecular complexity index is 747. The van der Waals surface area contributed by atoms with E-state index in [9.17, 15) is 9.00 Å². The number of rotatable bonds is 5. The second kappa shape index (κ2) is 8.84. The molecule has 0 bridgehead atoms. The lowest BCUT2D eigenvalue weighted by Crippen LogP contribution is -2.46. The Hall–Kier alpha value is -1.28. The first-order valence-corrected chi connectivity index (χ1v) is 11.6. The molecule has 1 aromatic rings. The molecule has 0 amide bonds. The van der Waals surface area contributed by atoms with E-state index in [0.717, 1.165) is 42.6 Å². The van der Waals surface area contributed by atoms with Gasteiger partial charge in [0.05, 0.1) is 29.8 Å². The third-order valence-corrected chi connectivity index (χ3v) is 6.94. The van der Waals surface area contributed by atoms with Crippen molar-refractivity contribution >= 4 is 17.0 Å². The van der Waals surface area contributed by atoms with Gasteiger partial charge in [-0.1, -0.05) is 0 Å². The summed E-state index contributed by atoms with van der Waals surface area (Å²) in [6, 6.07) is 3.75. The Kier molecular flexibility index (Phi) is 6.83. The molecule has 6 nitrogen and oxygen atoms in total. The maximum Gasteiger partial charge on any atom is 0.338 e. The van der Waals surface area contributed by atoms with Crippen molar-refractivity contribution in [1.29, 1.82) is 0 Å². The van der Waals surface area contributed by atoms with Gasteiger partial charge >= 0.3 is 5.97 Å². The number of ether oxygens (including phenoxy) is 3. The van der Waals surface area contributed by atoms with Crippen molar-refractivity contribution in [1.82, 2.24) is 4.31 Å². The largest absolute Gasteiger partial charge is 0.456 e. The monoisotopic (exact) mass is 423 g/mol. The summed E-state index contributed by atoms with van der Waals surface area (Å²) in [5.41, 5.74) is 3.27. The van der Waals surface area contributed by atoms with Crippen molar-refractivity contribution in [3.05, 3.63) is 34.4 Å².